The van der Waals surface area contributed by atoms with E-state index in [0.29, 0.717) is 0 Å². The van der Waals surface area contributed by atoms with Crippen molar-refractivity contribution in [3.8, 4) is 0 Å². The van der Waals surface area contributed by atoms with Crippen LogP contribution in [0.5, 0.6) is 0 Å². The van der Waals surface area contributed by atoms with Crippen molar-refractivity contribution in [2.75, 3.05) is 5.32 Å². The molecular formula is C17H17BrClN. The largest absolute Gasteiger partial charge is 0.381 e. The molecule has 1 aliphatic carbocycles. The molecule has 3 rings (SSSR count). The van der Waals surface area contributed by atoms with Crippen LogP contribution in [0.4, 0.5) is 5.69 Å². The Morgan fingerprint density at radius 3 is 2.80 bits per heavy atom. The predicted molar refractivity (Wildman–Crippen MR) is 89.6 cm³/mol. The van der Waals surface area contributed by atoms with Gasteiger partial charge in [-0.05, 0) is 76.5 Å². The highest BCUT2D eigenvalue weighted by atomic mass is 79.9. The molecule has 0 spiro atoms. The minimum atomic E-state index is 0.755. The van der Waals surface area contributed by atoms with Crippen LogP contribution in [0.1, 0.15) is 29.5 Å². The lowest BCUT2D eigenvalue weighted by atomic mass is 9.90. The topological polar surface area (TPSA) is 12.0 Å². The number of anilines is 1. The van der Waals surface area contributed by atoms with Crippen LogP contribution in [0, 0.1) is 0 Å². The molecule has 0 atom stereocenters. The summed E-state index contributed by atoms with van der Waals surface area (Å²) in [7, 11) is 0. The van der Waals surface area contributed by atoms with Crippen LogP contribution in [0.25, 0.3) is 0 Å². The molecular weight excluding hydrogens is 334 g/mol. The van der Waals surface area contributed by atoms with Crippen molar-refractivity contribution in [1.82, 2.24) is 0 Å². The highest BCUT2D eigenvalue weighted by Crippen LogP contribution is 2.29. The molecule has 2 aromatic rings. The molecule has 104 valence electrons. The SMILES string of the molecule is Clc1ccc(CNc2cccc3c2CCCC3)cc1Br. The van der Waals surface area contributed by atoms with E-state index >= 15 is 0 Å². The molecule has 0 aliphatic heterocycles. The van der Waals surface area contributed by atoms with Crippen LogP contribution >= 0.6 is 27.5 Å². The molecule has 0 radical (unpaired) electrons. The Labute approximate surface area is 133 Å². The molecule has 0 amide bonds. The number of hydrogen-bond acceptors (Lipinski definition) is 1. The van der Waals surface area contributed by atoms with Gasteiger partial charge in [0.1, 0.15) is 0 Å². The fraction of sp³-hybridized carbons (Fsp3) is 0.294. The molecule has 0 bridgehead atoms. The Morgan fingerprint density at radius 1 is 1.10 bits per heavy atom. The third-order valence-corrected chi connectivity index (χ3v) is 5.08. The van der Waals surface area contributed by atoms with Gasteiger partial charge in [-0.3, -0.25) is 0 Å². The first kappa shape index (κ1) is 14.0. The molecule has 1 aliphatic rings. The summed E-state index contributed by atoms with van der Waals surface area (Å²) in [6, 6.07) is 12.7. The van der Waals surface area contributed by atoms with Crippen molar-refractivity contribution in [3.05, 3.63) is 62.6 Å². The molecule has 0 saturated heterocycles. The molecule has 0 fully saturated rings. The summed E-state index contributed by atoms with van der Waals surface area (Å²) in [6.07, 6.45) is 5.04. The number of nitrogens with one attached hydrogen (secondary N) is 1. The van der Waals surface area contributed by atoms with E-state index in [9.17, 15) is 0 Å². The lowest BCUT2D eigenvalue weighted by Gasteiger charge is -2.20. The van der Waals surface area contributed by atoms with E-state index in [1.165, 1.54) is 48.1 Å². The molecule has 0 unspecified atom stereocenters. The third-order valence-electron chi connectivity index (χ3n) is 3.86. The summed E-state index contributed by atoms with van der Waals surface area (Å²) in [5.74, 6) is 0. The highest BCUT2D eigenvalue weighted by molar-refractivity contribution is 9.10. The van der Waals surface area contributed by atoms with Crippen LogP contribution < -0.4 is 5.32 Å². The minimum absolute atomic E-state index is 0.755. The number of fused-ring (bicyclic) bond motifs is 1. The van der Waals surface area contributed by atoms with E-state index in [-0.39, 0.29) is 0 Å². The summed E-state index contributed by atoms with van der Waals surface area (Å²) in [4.78, 5) is 0. The smallest absolute Gasteiger partial charge is 0.0548 e. The van der Waals surface area contributed by atoms with E-state index in [0.717, 1.165) is 16.0 Å². The quantitative estimate of drug-likeness (QED) is 0.760. The van der Waals surface area contributed by atoms with Crippen molar-refractivity contribution in [2.45, 2.75) is 32.2 Å². The fourth-order valence-corrected chi connectivity index (χ4v) is 3.34. The Morgan fingerprint density at radius 2 is 1.95 bits per heavy atom. The maximum absolute atomic E-state index is 6.03. The first-order valence-electron chi connectivity index (χ1n) is 7.02. The van der Waals surface area contributed by atoms with Crippen molar-refractivity contribution in [3.63, 3.8) is 0 Å². The molecule has 0 saturated carbocycles. The van der Waals surface area contributed by atoms with Gasteiger partial charge in [-0.1, -0.05) is 29.8 Å². The number of aryl methyl sites for hydroxylation is 1. The first-order chi connectivity index (χ1) is 9.74. The maximum atomic E-state index is 6.03. The van der Waals surface area contributed by atoms with Gasteiger partial charge < -0.3 is 5.32 Å². The van der Waals surface area contributed by atoms with Gasteiger partial charge in [-0.2, -0.15) is 0 Å². The maximum Gasteiger partial charge on any atom is 0.0548 e. The molecule has 1 N–H and O–H groups in total. The first-order valence-corrected chi connectivity index (χ1v) is 8.20. The van der Waals surface area contributed by atoms with Crippen molar-refractivity contribution in [2.24, 2.45) is 0 Å². The zero-order valence-corrected chi connectivity index (χ0v) is 13.6. The predicted octanol–water partition coefficient (Wildman–Crippen LogP) is 5.59. The third kappa shape index (κ3) is 3.02. The van der Waals surface area contributed by atoms with E-state index in [1.54, 1.807) is 0 Å². The molecule has 2 aromatic carbocycles. The Balaban J connectivity index is 1.76. The van der Waals surface area contributed by atoms with Gasteiger partial charge in [0, 0.05) is 16.7 Å². The highest BCUT2D eigenvalue weighted by Gasteiger charge is 2.12. The average molecular weight is 351 g/mol. The van der Waals surface area contributed by atoms with Crippen molar-refractivity contribution in [1.29, 1.82) is 0 Å². The van der Waals surface area contributed by atoms with Crippen LogP contribution in [0.15, 0.2) is 40.9 Å². The number of rotatable bonds is 3. The second-order valence-electron chi connectivity index (χ2n) is 5.25. The standard InChI is InChI=1S/C17H17BrClN/c18-15-10-12(8-9-16(15)19)11-20-17-7-3-5-13-4-1-2-6-14(13)17/h3,5,7-10,20H,1-2,4,6,11H2. The summed E-state index contributed by atoms with van der Waals surface area (Å²) >= 11 is 9.50. The average Bonchev–Trinajstić information content (AvgIpc) is 2.48. The van der Waals surface area contributed by atoms with Crippen LogP contribution in [0.2, 0.25) is 5.02 Å². The van der Waals surface area contributed by atoms with E-state index in [4.69, 9.17) is 11.6 Å². The number of benzene rings is 2. The zero-order valence-electron chi connectivity index (χ0n) is 11.3. The van der Waals surface area contributed by atoms with Gasteiger partial charge in [0.25, 0.3) is 0 Å². The Hall–Kier alpha value is -0.990. The summed E-state index contributed by atoms with van der Waals surface area (Å²) in [5, 5.41) is 4.33. The van der Waals surface area contributed by atoms with Crippen molar-refractivity contribution >= 4 is 33.2 Å². The lowest BCUT2D eigenvalue weighted by molar-refractivity contribution is 0.686. The van der Waals surface area contributed by atoms with Crippen LogP contribution in [0.3, 0.4) is 0 Å². The zero-order chi connectivity index (χ0) is 13.9. The van der Waals surface area contributed by atoms with Gasteiger partial charge in [-0.25, -0.2) is 0 Å². The molecule has 0 aromatic heterocycles. The van der Waals surface area contributed by atoms with Crippen LogP contribution in [-0.4, -0.2) is 0 Å². The van der Waals surface area contributed by atoms with E-state index in [1.807, 2.05) is 6.07 Å². The van der Waals surface area contributed by atoms with Gasteiger partial charge >= 0.3 is 0 Å². The Kier molecular flexibility index (Phi) is 4.32. The Bertz CT molecular complexity index is 624. The monoisotopic (exact) mass is 349 g/mol. The summed E-state index contributed by atoms with van der Waals surface area (Å²) < 4.78 is 0.952. The second kappa shape index (κ2) is 6.19. The summed E-state index contributed by atoms with van der Waals surface area (Å²) in [6.45, 7) is 0.826. The normalized spacial score (nSPS) is 13.9. The van der Waals surface area contributed by atoms with E-state index < -0.39 is 0 Å². The summed E-state index contributed by atoms with van der Waals surface area (Å²) in [5.41, 5.74) is 5.54. The number of hydrogen-bond donors (Lipinski definition) is 1. The van der Waals surface area contributed by atoms with Crippen LogP contribution in [-0.2, 0) is 19.4 Å². The fourth-order valence-electron chi connectivity index (χ4n) is 2.79. The van der Waals surface area contributed by atoms with Gasteiger partial charge in [0.2, 0.25) is 0 Å². The molecule has 0 heterocycles. The van der Waals surface area contributed by atoms with Crippen molar-refractivity contribution < 1.29 is 0 Å². The lowest BCUT2D eigenvalue weighted by Crippen LogP contribution is -2.08. The number of halogens is 2. The second-order valence-corrected chi connectivity index (χ2v) is 6.51. The van der Waals surface area contributed by atoms with E-state index in [2.05, 4.69) is 51.6 Å². The molecule has 20 heavy (non-hydrogen) atoms. The molecule has 1 nitrogen and oxygen atoms in total. The minimum Gasteiger partial charge on any atom is -0.381 e. The molecule has 3 heteroatoms. The van der Waals surface area contributed by atoms with Gasteiger partial charge in [-0.15, -0.1) is 0 Å². The van der Waals surface area contributed by atoms with Gasteiger partial charge in [0.05, 0.1) is 5.02 Å². The van der Waals surface area contributed by atoms with Gasteiger partial charge in [0.15, 0.2) is 0 Å².